The van der Waals surface area contributed by atoms with Crippen LogP contribution in [0.25, 0.3) is 117 Å². The highest BCUT2D eigenvalue weighted by molar-refractivity contribution is 6.15. The van der Waals surface area contributed by atoms with Crippen molar-refractivity contribution in [2.45, 2.75) is 0 Å². The maximum Gasteiger partial charge on any atom is 0.164 e. The normalized spacial score (nSPS) is 11.9. The number of furan rings is 2. The predicted octanol–water partition coefficient (Wildman–Crippen LogP) is 13.4. The number of hydrogen-bond acceptors (Lipinski definition) is 5. The van der Waals surface area contributed by atoms with Crippen molar-refractivity contribution in [3.8, 4) is 51.0 Å². The Morgan fingerprint density at radius 3 is 1.60 bits per heavy atom. The fourth-order valence-electron chi connectivity index (χ4n) is 8.41. The van der Waals surface area contributed by atoms with Gasteiger partial charge in [-0.05, 0) is 59.7 Å². The molecule has 0 bridgehead atoms. The molecule has 6 heteroatoms. The van der Waals surface area contributed by atoms with Crippen molar-refractivity contribution in [1.29, 1.82) is 0 Å². The first-order valence-electron chi connectivity index (χ1n) is 19.0. The van der Waals surface area contributed by atoms with Crippen LogP contribution >= 0.6 is 0 Å². The first-order chi connectivity index (χ1) is 28.2. The van der Waals surface area contributed by atoms with Crippen LogP contribution in [-0.4, -0.2) is 19.5 Å². The van der Waals surface area contributed by atoms with E-state index < -0.39 is 0 Å². The Morgan fingerprint density at radius 2 is 0.860 bits per heavy atom. The second kappa shape index (κ2) is 12.3. The summed E-state index contributed by atoms with van der Waals surface area (Å²) in [5.74, 6) is 1.79. The van der Waals surface area contributed by atoms with Gasteiger partial charge in [0.05, 0.1) is 16.7 Å². The Kier molecular flexibility index (Phi) is 6.83. The van der Waals surface area contributed by atoms with Crippen LogP contribution in [0.4, 0.5) is 0 Å². The molecule has 12 rings (SSSR count). The van der Waals surface area contributed by atoms with Gasteiger partial charge < -0.3 is 13.4 Å². The lowest BCUT2D eigenvalue weighted by Gasteiger charge is -2.13. The van der Waals surface area contributed by atoms with Gasteiger partial charge in [-0.15, -0.1) is 0 Å². The lowest BCUT2D eigenvalue weighted by Crippen LogP contribution is -2.01. The van der Waals surface area contributed by atoms with Gasteiger partial charge in [-0.3, -0.25) is 0 Å². The SMILES string of the molecule is c1ccc(-c2nc(-c3ccccc3)nc(-c3cc(-n4c5ccccc5c5cc(-c6ccc7oc8ccccc8c7c6)ccc54)cc4oc5ccccc5c34)n2)cc1. The van der Waals surface area contributed by atoms with Gasteiger partial charge in [-0.2, -0.15) is 0 Å². The fraction of sp³-hybridized carbons (Fsp3) is 0. The molecule has 12 aromatic rings. The number of para-hydroxylation sites is 3. The number of nitrogens with zero attached hydrogens (tertiary/aromatic N) is 4. The molecule has 4 aromatic heterocycles. The monoisotopic (exact) mass is 730 g/mol. The summed E-state index contributed by atoms with van der Waals surface area (Å²) >= 11 is 0. The van der Waals surface area contributed by atoms with E-state index in [1.165, 1.54) is 0 Å². The lowest BCUT2D eigenvalue weighted by atomic mass is 10.0. The molecule has 0 aliphatic rings. The van der Waals surface area contributed by atoms with Gasteiger partial charge in [-0.1, -0.05) is 127 Å². The van der Waals surface area contributed by atoms with Crippen LogP contribution in [0.2, 0.25) is 0 Å². The number of rotatable bonds is 5. The van der Waals surface area contributed by atoms with E-state index in [1.54, 1.807) is 0 Å². The first kappa shape index (κ1) is 31.5. The summed E-state index contributed by atoms with van der Waals surface area (Å²) in [5.41, 5.74) is 11.5. The maximum absolute atomic E-state index is 6.65. The summed E-state index contributed by atoms with van der Waals surface area (Å²) in [6.07, 6.45) is 0. The Hall–Kier alpha value is -7.83. The molecule has 4 heterocycles. The molecule has 57 heavy (non-hydrogen) atoms. The molecule has 6 nitrogen and oxygen atoms in total. The number of benzene rings is 8. The molecule has 8 aromatic carbocycles. The molecule has 0 aliphatic carbocycles. The third kappa shape index (κ3) is 5.01. The predicted molar refractivity (Wildman–Crippen MR) is 230 cm³/mol. The zero-order chi connectivity index (χ0) is 37.5. The van der Waals surface area contributed by atoms with Crippen molar-refractivity contribution in [2.24, 2.45) is 0 Å². The molecule has 0 atom stereocenters. The number of hydrogen-bond donors (Lipinski definition) is 0. The molecule has 0 fully saturated rings. The van der Waals surface area contributed by atoms with Gasteiger partial charge in [0.1, 0.15) is 22.3 Å². The zero-order valence-corrected chi connectivity index (χ0v) is 30.4. The van der Waals surface area contributed by atoms with E-state index in [4.69, 9.17) is 23.8 Å². The van der Waals surface area contributed by atoms with E-state index in [0.29, 0.717) is 17.5 Å². The number of aromatic nitrogens is 4. The van der Waals surface area contributed by atoms with Crippen LogP contribution in [0.1, 0.15) is 0 Å². The van der Waals surface area contributed by atoms with Gasteiger partial charge in [0.2, 0.25) is 0 Å². The molecular weight excluding hydrogens is 701 g/mol. The average molecular weight is 731 g/mol. The Bertz CT molecular complexity index is 3470. The summed E-state index contributed by atoms with van der Waals surface area (Å²) in [6, 6.07) is 62.8. The van der Waals surface area contributed by atoms with Gasteiger partial charge in [0.25, 0.3) is 0 Å². The Morgan fingerprint density at radius 1 is 0.333 bits per heavy atom. The van der Waals surface area contributed by atoms with Gasteiger partial charge in [-0.25, -0.2) is 15.0 Å². The average Bonchev–Trinajstić information content (AvgIpc) is 3.95. The lowest BCUT2D eigenvalue weighted by molar-refractivity contribution is 0.668. The topological polar surface area (TPSA) is 69.9 Å². The summed E-state index contributed by atoms with van der Waals surface area (Å²) in [5, 5.41) is 6.52. The zero-order valence-electron chi connectivity index (χ0n) is 30.4. The van der Waals surface area contributed by atoms with Crippen LogP contribution in [0.3, 0.4) is 0 Å². The first-order valence-corrected chi connectivity index (χ1v) is 19.0. The molecule has 0 aliphatic heterocycles. The van der Waals surface area contributed by atoms with Gasteiger partial charge in [0, 0.05) is 55.1 Å². The van der Waals surface area contributed by atoms with Crippen molar-refractivity contribution in [1.82, 2.24) is 19.5 Å². The molecule has 0 saturated heterocycles. The maximum atomic E-state index is 6.65. The van der Waals surface area contributed by atoms with E-state index >= 15 is 0 Å². The second-order valence-corrected chi connectivity index (χ2v) is 14.4. The van der Waals surface area contributed by atoms with Crippen molar-refractivity contribution in [2.75, 3.05) is 0 Å². The quantitative estimate of drug-likeness (QED) is 0.176. The largest absolute Gasteiger partial charge is 0.456 e. The molecule has 0 saturated carbocycles. The second-order valence-electron chi connectivity index (χ2n) is 14.4. The van der Waals surface area contributed by atoms with E-state index in [-0.39, 0.29) is 0 Å². The molecule has 0 spiro atoms. The van der Waals surface area contributed by atoms with E-state index in [1.807, 2.05) is 91.0 Å². The van der Waals surface area contributed by atoms with Crippen molar-refractivity contribution < 1.29 is 8.83 Å². The Balaban J connectivity index is 1.10. The summed E-state index contributed by atoms with van der Waals surface area (Å²) < 4.78 is 15.1. The molecule has 0 radical (unpaired) electrons. The van der Waals surface area contributed by atoms with Crippen molar-refractivity contribution in [3.63, 3.8) is 0 Å². The molecule has 0 unspecified atom stereocenters. The van der Waals surface area contributed by atoms with E-state index in [2.05, 4.69) is 95.6 Å². The molecular formula is C51H30N4O2. The molecule has 0 amide bonds. The van der Waals surface area contributed by atoms with Crippen LogP contribution in [0.15, 0.2) is 191 Å². The Labute approximate surface area is 325 Å². The van der Waals surface area contributed by atoms with Gasteiger partial charge in [0.15, 0.2) is 17.5 Å². The number of fused-ring (bicyclic) bond motifs is 9. The summed E-state index contributed by atoms with van der Waals surface area (Å²) in [6.45, 7) is 0. The highest BCUT2D eigenvalue weighted by Gasteiger charge is 2.22. The summed E-state index contributed by atoms with van der Waals surface area (Å²) in [7, 11) is 0. The minimum Gasteiger partial charge on any atom is -0.456 e. The molecule has 266 valence electrons. The van der Waals surface area contributed by atoms with Crippen LogP contribution in [0.5, 0.6) is 0 Å². The molecule has 0 N–H and O–H groups in total. The van der Waals surface area contributed by atoms with Crippen LogP contribution in [0, 0.1) is 0 Å². The minimum absolute atomic E-state index is 0.575. The van der Waals surface area contributed by atoms with Crippen LogP contribution in [-0.2, 0) is 0 Å². The smallest absolute Gasteiger partial charge is 0.164 e. The van der Waals surface area contributed by atoms with Crippen molar-refractivity contribution in [3.05, 3.63) is 182 Å². The summed E-state index contributed by atoms with van der Waals surface area (Å²) in [4.78, 5) is 15.4. The fourth-order valence-corrected chi connectivity index (χ4v) is 8.41. The third-order valence-electron chi connectivity index (χ3n) is 11.0. The van der Waals surface area contributed by atoms with Crippen molar-refractivity contribution >= 4 is 65.7 Å². The third-order valence-corrected chi connectivity index (χ3v) is 11.0. The van der Waals surface area contributed by atoms with E-state index in [0.717, 1.165) is 99.2 Å². The standard InChI is InChI=1S/C51H30N4O2/c1-3-13-31(14-4-1)49-52-50(32-15-5-2-6-16-32)54-51(53-49)41-29-35(30-47-48(41)38-19-9-12-22-45(38)57-47)55-42-20-10-7-17-36(42)39-27-33(23-25-43(39)55)34-24-26-46-40(28-34)37-18-8-11-21-44(37)56-46/h1-30H. The highest BCUT2D eigenvalue weighted by Crippen LogP contribution is 2.42. The van der Waals surface area contributed by atoms with Crippen LogP contribution < -0.4 is 0 Å². The van der Waals surface area contributed by atoms with E-state index in [9.17, 15) is 0 Å². The highest BCUT2D eigenvalue weighted by atomic mass is 16.3. The van der Waals surface area contributed by atoms with Gasteiger partial charge >= 0.3 is 0 Å². The minimum atomic E-state index is 0.575.